The van der Waals surface area contributed by atoms with Gasteiger partial charge in [0, 0.05) is 18.0 Å². The molecule has 0 saturated heterocycles. The number of hydrogen-bond donors (Lipinski definition) is 1. The first kappa shape index (κ1) is 22.4. The first-order valence-corrected chi connectivity index (χ1v) is 8.20. The van der Waals surface area contributed by atoms with Gasteiger partial charge in [0.1, 0.15) is 5.41 Å². The summed E-state index contributed by atoms with van der Waals surface area (Å²) in [4.78, 5) is 7.85. The Hall–Kier alpha value is -2.67. The van der Waals surface area contributed by atoms with E-state index in [-0.39, 0.29) is 5.56 Å². The molecule has 0 fully saturated rings. The lowest BCUT2D eigenvalue weighted by atomic mass is 9.80. The Bertz CT molecular complexity index is 791. The maximum Gasteiger partial charge on any atom is 0.401 e. The summed E-state index contributed by atoms with van der Waals surface area (Å²) >= 11 is 0. The van der Waals surface area contributed by atoms with Crippen molar-refractivity contribution in [2.75, 3.05) is 0 Å². The summed E-state index contributed by atoms with van der Waals surface area (Å²) in [5.41, 5.74) is 0.117. The SMILES string of the molecule is C=CC(C)(c1ccc(C)c(/C(=C/N=C)N(N)/C=C(C)\N=C\C)c1)C(F)(F)F. The topological polar surface area (TPSA) is 54.0 Å². The number of aryl methyl sites for hydroxylation is 1. The Kier molecular flexibility index (Phi) is 7.30. The zero-order valence-corrected chi connectivity index (χ0v) is 16.0. The van der Waals surface area contributed by atoms with Crippen LogP contribution in [0.4, 0.5) is 13.2 Å². The molecule has 0 saturated carbocycles. The summed E-state index contributed by atoms with van der Waals surface area (Å²) in [7, 11) is 0. The van der Waals surface area contributed by atoms with Gasteiger partial charge in [-0.15, -0.1) is 6.58 Å². The Balaban J connectivity index is 3.59. The fourth-order valence-electron chi connectivity index (χ4n) is 2.49. The second-order valence-electron chi connectivity index (χ2n) is 6.20. The molecule has 27 heavy (non-hydrogen) atoms. The van der Waals surface area contributed by atoms with E-state index in [0.29, 0.717) is 17.0 Å². The van der Waals surface area contributed by atoms with E-state index in [1.54, 1.807) is 39.3 Å². The van der Waals surface area contributed by atoms with Crippen LogP contribution in [0.25, 0.3) is 5.70 Å². The van der Waals surface area contributed by atoms with Crippen molar-refractivity contribution in [1.29, 1.82) is 0 Å². The maximum atomic E-state index is 13.6. The smallest absolute Gasteiger partial charge is 0.283 e. The highest BCUT2D eigenvalue weighted by atomic mass is 19.4. The molecule has 0 aliphatic carbocycles. The summed E-state index contributed by atoms with van der Waals surface area (Å²) in [6.45, 7) is 13.2. The van der Waals surface area contributed by atoms with Gasteiger partial charge >= 0.3 is 6.18 Å². The lowest BCUT2D eigenvalue weighted by molar-refractivity contribution is -0.170. The molecule has 7 heteroatoms. The number of benzene rings is 1. The van der Waals surface area contributed by atoms with Crippen molar-refractivity contribution in [3.63, 3.8) is 0 Å². The third kappa shape index (κ3) is 4.95. The van der Waals surface area contributed by atoms with Gasteiger partial charge in [-0.05, 0) is 51.6 Å². The summed E-state index contributed by atoms with van der Waals surface area (Å²) in [6.07, 6.45) is 0.969. The third-order valence-electron chi connectivity index (χ3n) is 4.26. The van der Waals surface area contributed by atoms with Gasteiger partial charge in [0.25, 0.3) is 0 Å². The van der Waals surface area contributed by atoms with Crippen LogP contribution >= 0.6 is 0 Å². The van der Waals surface area contributed by atoms with E-state index in [1.165, 1.54) is 23.3 Å². The highest BCUT2D eigenvalue weighted by molar-refractivity contribution is 5.69. The molecule has 0 amide bonds. The Morgan fingerprint density at radius 3 is 2.41 bits per heavy atom. The molecule has 1 aromatic rings. The van der Waals surface area contributed by atoms with E-state index < -0.39 is 11.6 Å². The van der Waals surface area contributed by atoms with Crippen molar-refractivity contribution in [2.24, 2.45) is 15.8 Å². The molecular formula is C20H25F3N4. The van der Waals surface area contributed by atoms with Gasteiger partial charge in [-0.3, -0.25) is 15.0 Å². The Labute approximate surface area is 158 Å². The van der Waals surface area contributed by atoms with Crippen molar-refractivity contribution in [2.45, 2.75) is 39.3 Å². The summed E-state index contributed by atoms with van der Waals surface area (Å²) < 4.78 is 40.8. The van der Waals surface area contributed by atoms with E-state index in [9.17, 15) is 13.2 Å². The fraction of sp³-hybridized carbons (Fsp3) is 0.300. The van der Waals surface area contributed by atoms with Crippen LogP contribution in [-0.2, 0) is 5.41 Å². The monoisotopic (exact) mass is 378 g/mol. The molecule has 0 aliphatic rings. The van der Waals surface area contributed by atoms with Crippen LogP contribution < -0.4 is 5.84 Å². The predicted molar refractivity (Wildman–Crippen MR) is 106 cm³/mol. The quantitative estimate of drug-likeness (QED) is 0.310. The van der Waals surface area contributed by atoms with Gasteiger partial charge in [-0.2, -0.15) is 13.2 Å². The van der Waals surface area contributed by atoms with Crippen molar-refractivity contribution in [1.82, 2.24) is 5.01 Å². The first-order chi connectivity index (χ1) is 12.5. The van der Waals surface area contributed by atoms with E-state index in [1.807, 2.05) is 0 Å². The van der Waals surface area contributed by atoms with Crippen LogP contribution in [0.1, 0.15) is 37.5 Å². The number of rotatable bonds is 7. The van der Waals surface area contributed by atoms with Crippen LogP contribution in [0.15, 0.2) is 58.9 Å². The van der Waals surface area contributed by atoms with Gasteiger partial charge in [-0.1, -0.05) is 18.2 Å². The number of allylic oxidation sites excluding steroid dienone is 2. The van der Waals surface area contributed by atoms with E-state index >= 15 is 0 Å². The summed E-state index contributed by atoms with van der Waals surface area (Å²) in [5.74, 6) is 6.10. The molecule has 1 unspecified atom stereocenters. The number of alkyl halides is 3. The molecule has 0 aliphatic heterocycles. The van der Waals surface area contributed by atoms with Crippen molar-refractivity contribution in [3.8, 4) is 0 Å². The van der Waals surface area contributed by atoms with Crippen LogP contribution in [0.5, 0.6) is 0 Å². The van der Waals surface area contributed by atoms with Crippen LogP contribution in [-0.4, -0.2) is 24.1 Å². The van der Waals surface area contributed by atoms with Gasteiger partial charge in [0.15, 0.2) is 0 Å². The molecule has 0 bridgehead atoms. The molecule has 0 heterocycles. The van der Waals surface area contributed by atoms with Crippen LogP contribution in [0, 0.1) is 6.92 Å². The van der Waals surface area contributed by atoms with Gasteiger partial charge < -0.3 is 0 Å². The van der Waals surface area contributed by atoms with Crippen LogP contribution in [0.2, 0.25) is 0 Å². The normalized spacial score (nSPS) is 15.6. The number of halogens is 3. The molecule has 0 radical (unpaired) electrons. The van der Waals surface area contributed by atoms with E-state index in [4.69, 9.17) is 5.84 Å². The molecular weight excluding hydrogens is 353 g/mol. The minimum Gasteiger partial charge on any atom is -0.283 e. The summed E-state index contributed by atoms with van der Waals surface area (Å²) in [6, 6.07) is 4.51. The highest BCUT2D eigenvalue weighted by Gasteiger charge is 2.50. The third-order valence-corrected chi connectivity index (χ3v) is 4.26. The number of aliphatic imine (C=N–C) groups is 2. The van der Waals surface area contributed by atoms with Crippen molar-refractivity contribution < 1.29 is 13.2 Å². The van der Waals surface area contributed by atoms with Gasteiger partial charge in [0.2, 0.25) is 0 Å². The lowest BCUT2D eigenvalue weighted by Gasteiger charge is -2.30. The Morgan fingerprint density at radius 1 is 1.30 bits per heavy atom. The molecule has 4 nitrogen and oxygen atoms in total. The average molecular weight is 378 g/mol. The zero-order valence-electron chi connectivity index (χ0n) is 16.0. The minimum absolute atomic E-state index is 0.0567. The summed E-state index contributed by atoms with van der Waals surface area (Å²) in [5, 5.41) is 1.27. The van der Waals surface area contributed by atoms with Gasteiger partial charge in [0.05, 0.1) is 17.6 Å². The van der Waals surface area contributed by atoms with E-state index in [0.717, 1.165) is 18.6 Å². The predicted octanol–water partition coefficient (Wildman–Crippen LogP) is 5.13. The largest absolute Gasteiger partial charge is 0.401 e. The molecule has 1 aromatic carbocycles. The number of hydrazine groups is 1. The number of nitrogens with zero attached hydrogens (tertiary/aromatic N) is 3. The molecule has 2 N–H and O–H groups in total. The molecule has 0 aromatic heterocycles. The molecule has 1 rings (SSSR count). The second-order valence-corrected chi connectivity index (χ2v) is 6.20. The molecule has 1 atom stereocenters. The second kappa shape index (κ2) is 8.81. The van der Waals surface area contributed by atoms with Gasteiger partial charge in [-0.25, -0.2) is 5.84 Å². The van der Waals surface area contributed by atoms with E-state index in [2.05, 4.69) is 23.3 Å². The first-order valence-electron chi connectivity index (χ1n) is 8.20. The number of hydrogen-bond acceptors (Lipinski definition) is 4. The standard InChI is InChI=1S/C20H25F3N4/c1-7-19(5,20(21,22)23)16-10-9-14(3)17(11-16)18(12-25-6)27(24)13-15(4)26-8-2/h7-13H,1,6,24H2,2-5H3/b15-13-,18-12-,26-8+. The molecule has 146 valence electrons. The highest BCUT2D eigenvalue weighted by Crippen LogP contribution is 2.42. The molecule has 0 spiro atoms. The van der Waals surface area contributed by atoms with Crippen molar-refractivity contribution >= 4 is 18.6 Å². The lowest BCUT2D eigenvalue weighted by Crippen LogP contribution is -2.37. The van der Waals surface area contributed by atoms with Crippen molar-refractivity contribution in [3.05, 3.63) is 65.6 Å². The number of nitrogens with two attached hydrogens (primary N) is 1. The Morgan fingerprint density at radius 2 is 1.93 bits per heavy atom. The average Bonchev–Trinajstić information content (AvgIpc) is 2.58. The fourth-order valence-corrected chi connectivity index (χ4v) is 2.49. The minimum atomic E-state index is -4.49. The van der Waals surface area contributed by atoms with Crippen LogP contribution in [0.3, 0.4) is 0 Å². The zero-order chi connectivity index (χ0) is 20.8. The maximum absolute atomic E-state index is 13.6.